The van der Waals surface area contributed by atoms with Gasteiger partial charge in [-0.2, -0.15) is 0 Å². The molecule has 0 aliphatic carbocycles. The van der Waals surface area contributed by atoms with Gasteiger partial charge in [0.2, 0.25) is 0 Å². The quantitative estimate of drug-likeness (QED) is 0.782. The average molecular weight is 345 g/mol. The molecule has 0 unspecified atom stereocenters. The van der Waals surface area contributed by atoms with E-state index in [1.807, 2.05) is 0 Å². The third-order valence-electron chi connectivity index (χ3n) is 3.46. The molecule has 1 aromatic rings. The summed E-state index contributed by atoms with van der Waals surface area (Å²) in [6.07, 6.45) is 0.385. The Balaban J connectivity index is 1.92. The molecule has 0 spiro atoms. The maximum absolute atomic E-state index is 12.2. The molecule has 1 aliphatic rings. The van der Waals surface area contributed by atoms with Gasteiger partial charge in [-0.25, -0.2) is 17.5 Å². The van der Waals surface area contributed by atoms with Gasteiger partial charge in [0.15, 0.2) is 0 Å². The number of hydrogen-bond donors (Lipinski definition) is 1. The van der Waals surface area contributed by atoms with Gasteiger partial charge in [-0.1, -0.05) is 6.07 Å². The largest absolute Gasteiger partial charge is 0.325 e. The summed E-state index contributed by atoms with van der Waals surface area (Å²) in [7, 11) is -2.00. The Bertz CT molecular complexity index is 667. The lowest BCUT2D eigenvalue weighted by molar-refractivity contribution is -0.130. The first kappa shape index (κ1) is 16.9. The average Bonchev–Trinajstić information content (AvgIpc) is 3.01. The lowest BCUT2D eigenvalue weighted by Gasteiger charge is -2.19. The van der Waals surface area contributed by atoms with Gasteiger partial charge >= 0.3 is 6.03 Å². The number of urea groups is 1. The molecule has 1 N–H and O–H groups in total. The number of sulfonamides is 1. The van der Waals surface area contributed by atoms with E-state index in [1.54, 1.807) is 31.4 Å². The number of nitrogens with zero attached hydrogens (tertiary/aromatic N) is 2. The molecule has 0 radical (unpaired) electrons. The Morgan fingerprint density at radius 1 is 1.36 bits per heavy atom. The fraction of sp³-hybridized carbons (Fsp3) is 0.538. The highest BCUT2D eigenvalue weighted by atomic mass is 32.2. The summed E-state index contributed by atoms with van der Waals surface area (Å²) in [5.74, 6) is -0.290. The van der Waals surface area contributed by atoms with Crippen molar-refractivity contribution < 1.29 is 18.0 Å². The van der Waals surface area contributed by atoms with Crippen molar-refractivity contribution in [2.75, 3.05) is 20.1 Å². The molecule has 1 aromatic heterocycles. The maximum Gasteiger partial charge on any atom is 0.325 e. The molecule has 1 fully saturated rings. The van der Waals surface area contributed by atoms with Gasteiger partial charge < -0.3 is 5.32 Å². The molecular weight excluding hydrogens is 326 g/mol. The predicted octanol–water partition coefficient (Wildman–Crippen LogP) is 1.09. The molecule has 2 rings (SSSR count). The fourth-order valence-corrected chi connectivity index (χ4v) is 4.57. The van der Waals surface area contributed by atoms with Crippen LogP contribution in [0.4, 0.5) is 4.79 Å². The first-order chi connectivity index (χ1) is 10.2. The van der Waals surface area contributed by atoms with Crippen LogP contribution in [0.25, 0.3) is 0 Å². The van der Waals surface area contributed by atoms with E-state index >= 15 is 0 Å². The number of hydrogen-bond acceptors (Lipinski definition) is 5. The number of carbonyl (C=O) groups excluding carboxylic acids is 2. The van der Waals surface area contributed by atoms with Crippen molar-refractivity contribution >= 4 is 33.3 Å². The number of amides is 3. The molecule has 1 aliphatic heterocycles. The zero-order chi connectivity index (χ0) is 16.5. The molecule has 0 aromatic carbocycles. The van der Waals surface area contributed by atoms with E-state index in [1.165, 1.54) is 11.4 Å². The van der Waals surface area contributed by atoms with Crippen molar-refractivity contribution in [1.29, 1.82) is 0 Å². The topological polar surface area (TPSA) is 86.8 Å². The third-order valence-corrected chi connectivity index (χ3v) is 6.69. The molecule has 0 saturated carbocycles. The molecule has 22 heavy (non-hydrogen) atoms. The number of imide groups is 1. The second kappa shape index (κ2) is 5.98. The number of nitrogens with one attached hydrogen (secondary N) is 1. The summed E-state index contributed by atoms with van der Waals surface area (Å²) < 4.78 is 26.0. The molecular formula is C13H19N3O4S2. The van der Waals surface area contributed by atoms with Crippen LogP contribution >= 0.6 is 11.3 Å². The fourth-order valence-electron chi connectivity index (χ4n) is 2.16. The highest BCUT2D eigenvalue weighted by molar-refractivity contribution is 7.91. The molecule has 7 nitrogen and oxygen atoms in total. The predicted molar refractivity (Wildman–Crippen MR) is 83.1 cm³/mol. The molecule has 3 amide bonds. The van der Waals surface area contributed by atoms with E-state index in [9.17, 15) is 18.0 Å². The van der Waals surface area contributed by atoms with E-state index in [2.05, 4.69) is 5.32 Å². The van der Waals surface area contributed by atoms with E-state index in [0.717, 1.165) is 16.2 Å². The summed E-state index contributed by atoms with van der Waals surface area (Å²) >= 11 is 1.16. The minimum atomic E-state index is -3.49. The second-order valence-electron chi connectivity index (χ2n) is 5.62. The molecule has 122 valence electrons. The zero-order valence-corrected chi connectivity index (χ0v) is 14.3. The number of thiophene rings is 1. The van der Waals surface area contributed by atoms with E-state index in [4.69, 9.17) is 0 Å². The van der Waals surface area contributed by atoms with Crippen LogP contribution in [-0.4, -0.2) is 55.2 Å². The Morgan fingerprint density at radius 2 is 2.05 bits per heavy atom. The molecule has 2 heterocycles. The Kier molecular flexibility index (Phi) is 4.59. The molecule has 0 bridgehead atoms. The Morgan fingerprint density at radius 3 is 2.55 bits per heavy atom. The van der Waals surface area contributed by atoms with Crippen molar-refractivity contribution in [1.82, 2.24) is 14.5 Å². The van der Waals surface area contributed by atoms with E-state index in [0.29, 0.717) is 6.42 Å². The van der Waals surface area contributed by atoms with Crippen molar-refractivity contribution in [2.45, 2.75) is 30.0 Å². The first-order valence-electron chi connectivity index (χ1n) is 6.80. The smallest absolute Gasteiger partial charge is 0.324 e. The Labute approximate surface area is 134 Å². The summed E-state index contributed by atoms with van der Waals surface area (Å²) in [5.41, 5.74) is -0.897. The maximum atomic E-state index is 12.2. The molecule has 0 atom stereocenters. The van der Waals surface area contributed by atoms with Crippen LogP contribution < -0.4 is 5.32 Å². The van der Waals surface area contributed by atoms with Gasteiger partial charge in [0.25, 0.3) is 15.9 Å². The lowest BCUT2D eigenvalue weighted by Crippen LogP contribution is -2.40. The van der Waals surface area contributed by atoms with Gasteiger partial charge in [-0.15, -0.1) is 11.3 Å². The Hall–Kier alpha value is -1.45. The van der Waals surface area contributed by atoms with E-state index < -0.39 is 21.6 Å². The molecule has 9 heteroatoms. The van der Waals surface area contributed by atoms with Crippen LogP contribution in [0.2, 0.25) is 0 Å². The van der Waals surface area contributed by atoms with Gasteiger partial charge in [0.05, 0.1) is 0 Å². The van der Waals surface area contributed by atoms with Crippen molar-refractivity contribution in [2.24, 2.45) is 0 Å². The van der Waals surface area contributed by atoms with Crippen molar-refractivity contribution in [3.05, 3.63) is 17.5 Å². The lowest BCUT2D eigenvalue weighted by atomic mass is 10.1. The van der Waals surface area contributed by atoms with Crippen LogP contribution in [-0.2, 0) is 14.8 Å². The number of carbonyl (C=O) groups is 2. The minimum Gasteiger partial charge on any atom is -0.324 e. The summed E-state index contributed by atoms with van der Waals surface area (Å²) in [6.45, 7) is 3.71. The van der Waals surface area contributed by atoms with Gasteiger partial charge in [-0.3, -0.25) is 9.69 Å². The standard InChI is InChI=1S/C13H19N3O4S2/c1-13(2)11(17)16(12(18)14-13)8-5-7-15(3)22(19,20)10-6-4-9-21-10/h4,6,9H,5,7-8H2,1-3H3,(H,14,18). The molecule has 1 saturated heterocycles. The van der Waals surface area contributed by atoms with Crippen LogP contribution in [0.5, 0.6) is 0 Å². The minimum absolute atomic E-state index is 0.193. The van der Waals surface area contributed by atoms with Gasteiger partial charge in [0.1, 0.15) is 9.75 Å². The zero-order valence-electron chi connectivity index (χ0n) is 12.7. The summed E-state index contributed by atoms with van der Waals surface area (Å²) in [5, 5.41) is 4.30. The summed E-state index contributed by atoms with van der Waals surface area (Å²) in [6, 6.07) is 2.80. The highest BCUT2D eigenvalue weighted by Crippen LogP contribution is 2.20. The number of rotatable bonds is 6. The van der Waals surface area contributed by atoms with Crippen LogP contribution in [0.1, 0.15) is 20.3 Å². The van der Waals surface area contributed by atoms with Crippen LogP contribution in [0.3, 0.4) is 0 Å². The van der Waals surface area contributed by atoms with Crippen LogP contribution in [0, 0.1) is 0 Å². The van der Waals surface area contributed by atoms with Gasteiger partial charge in [-0.05, 0) is 31.7 Å². The SMILES string of the molecule is CN(CCCN1C(=O)NC(C)(C)C1=O)S(=O)(=O)c1cccs1. The van der Waals surface area contributed by atoms with Crippen molar-refractivity contribution in [3.8, 4) is 0 Å². The highest BCUT2D eigenvalue weighted by Gasteiger charge is 2.43. The van der Waals surface area contributed by atoms with Gasteiger partial charge in [0, 0.05) is 20.1 Å². The van der Waals surface area contributed by atoms with Crippen LogP contribution in [0.15, 0.2) is 21.7 Å². The monoisotopic (exact) mass is 345 g/mol. The second-order valence-corrected chi connectivity index (χ2v) is 8.84. The van der Waals surface area contributed by atoms with E-state index in [-0.39, 0.29) is 23.2 Å². The third kappa shape index (κ3) is 3.16. The van der Waals surface area contributed by atoms with Crippen molar-refractivity contribution in [3.63, 3.8) is 0 Å². The normalized spacial score (nSPS) is 18.1. The first-order valence-corrected chi connectivity index (χ1v) is 9.12. The summed E-state index contributed by atoms with van der Waals surface area (Å²) in [4.78, 5) is 24.9.